The van der Waals surface area contributed by atoms with Crippen LogP contribution in [0.4, 0.5) is 5.13 Å². The van der Waals surface area contributed by atoms with Crippen LogP contribution in [0.25, 0.3) is 0 Å². The molecule has 0 spiro atoms. The number of nitrogens with one attached hydrogen (secondary N) is 1. The minimum absolute atomic E-state index is 0.762. The fourth-order valence-corrected chi connectivity index (χ4v) is 4.10. The molecular weight excluding hydrogens is 282 g/mol. The summed E-state index contributed by atoms with van der Waals surface area (Å²) in [6.45, 7) is 9.43. The highest BCUT2D eigenvalue weighted by Crippen LogP contribution is 2.32. The molecule has 2 rings (SSSR count). The molecule has 1 aliphatic heterocycles. The molecule has 21 heavy (non-hydrogen) atoms. The molecule has 120 valence electrons. The van der Waals surface area contributed by atoms with E-state index in [9.17, 15) is 0 Å². The van der Waals surface area contributed by atoms with Crippen LogP contribution >= 0.6 is 11.3 Å². The number of aryl methyl sites for hydroxylation is 1. The molecule has 0 bridgehead atoms. The van der Waals surface area contributed by atoms with E-state index in [0.717, 1.165) is 32.0 Å². The molecule has 1 aliphatic rings. The average Bonchev–Trinajstić information content (AvgIpc) is 3.10. The Hall–Kier alpha value is -0.650. The Morgan fingerprint density at radius 1 is 1.43 bits per heavy atom. The molecule has 0 saturated carbocycles. The number of hydrogen-bond donors (Lipinski definition) is 1. The van der Waals surface area contributed by atoms with Crippen molar-refractivity contribution in [2.24, 2.45) is 5.92 Å². The predicted molar refractivity (Wildman–Crippen MR) is 90.3 cm³/mol. The van der Waals surface area contributed by atoms with Gasteiger partial charge in [0.2, 0.25) is 0 Å². The summed E-state index contributed by atoms with van der Waals surface area (Å²) in [5.74, 6) is 0.868. The van der Waals surface area contributed by atoms with Gasteiger partial charge in [0.1, 0.15) is 0 Å². The van der Waals surface area contributed by atoms with E-state index >= 15 is 0 Å². The summed E-state index contributed by atoms with van der Waals surface area (Å²) in [4.78, 5) is 8.76. The van der Waals surface area contributed by atoms with Crippen LogP contribution in [-0.2, 0) is 17.7 Å². The highest BCUT2D eigenvalue weighted by atomic mass is 32.1. The summed E-state index contributed by atoms with van der Waals surface area (Å²) in [5, 5.41) is 4.67. The van der Waals surface area contributed by atoms with Gasteiger partial charge in [-0.15, -0.1) is 11.3 Å². The Kier molecular flexibility index (Phi) is 6.93. The van der Waals surface area contributed by atoms with Gasteiger partial charge in [-0.1, -0.05) is 20.3 Å². The third-order valence-corrected chi connectivity index (χ3v) is 5.28. The number of hydrogen-bond acceptors (Lipinski definition) is 5. The van der Waals surface area contributed by atoms with E-state index in [0.29, 0.717) is 0 Å². The Labute approximate surface area is 132 Å². The molecule has 0 aromatic carbocycles. The SMILES string of the molecule is CCCC1CCN(c2nc(CC)c(CNCCOC)s2)C1. The summed E-state index contributed by atoms with van der Waals surface area (Å²) >= 11 is 1.87. The second-order valence-electron chi connectivity index (χ2n) is 5.78. The third-order valence-electron chi connectivity index (χ3n) is 4.12. The highest BCUT2D eigenvalue weighted by molar-refractivity contribution is 7.15. The van der Waals surface area contributed by atoms with Crippen LogP contribution in [0.5, 0.6) is 0 Å². The van der Waals surface area contributed by atoms with Crippen LogP contribution < -0.4 is 10.2 Å². The highest BCUT2D eigenvalue weighted by Gasteiger charge is 2.24. The van der Waals surface area contributed by atoms with Gasteiger partial charge in [-0.2, -0.15) is 0 Å². The van der Waals surface area contributed by atoms with Gasteiger partial charge in [-0.3, -0.25) is 0 Å². The molecule has 1 atom stereocenters. The lowest BCUT2D eigenvalue weighted by molar-refractivity contribution is 0.199. The Balaban J connectivity index is 1.93. The summed E-state index contributed by atoms with van der Waals surface area (Å²) in [7, 11) is 1.74. The van der Waals surface area contributed by atoms with Gasteiger partial charge < -0.3 is 15.0 Å². The van der Waals surface area contributed by atoms with Crippen molar-refractivity contribution in [2.45, 2.75) is 46.1 Å². The first-order chi connectivity index (χ1) is 10.3. The Morgan fingerprint density at radius 3 is 3.00 bits per heavy atom. The van der Waals surface area contributed by atoms with Crippen LogP contribution in [0.3, 0.4) is 0 Å². The van der Waals surface area contributed by atoms with Gasteiger partial charge in [-0.25, -0.2) is 4.98 Å². The van der Waals surface area contributed by atoms with Gasteiger partial charge in [0.15, 0.2) is 5.13 Å². The molecule has 0 aliphatic carbocycles. The summed E-state index contributed by atoms with van der Waals surface area (Å²) in [6.07, 6.45) is 5.00. The van der Waals surface area contributed by atoms with Crippen molar-refractivity contribution in [3.05, 3.63) is 10.6 Å². The number of anilines is 1. The molecule has 1 unspecified atom stereocenters. The number of methoxy groups -OCH3 is 1. The van der Waals surface area contributed by atoms with Crippen molar-refractivity contribution in [1.29, 1.82) is 0 Å². The van der Waals surface area contributed by atoms with Crippen molar-refractivity contribution in [3.63, 3.8) is 0 Å². The zero-order chi connectivity index (χ0) is 15.1. The molecule has 5 heteroatoms. The molecule has 2 heterocycles. The van der Waals surface area contributed by atoms with Crippen LogP contribution in [0.1, 0.15) is 43.7 Å². The van der Waals surface area contributed by atoms with E-state index in [4.69, 9.17) is 9.72 Å². The second kappa shape index (κ2) is 8.71. The lowest BCUT2D eigenvalue weighted by atomic mass is 10.0. The summed E-state index contributed by atoms with van der Waals surface area (Å²) < 4.78 is 5.07. The van der Waals surface area contributed by atoms with Gasteiger partial charge in [0, 0.05) is 38.2 Å². The van der Waals surface area contributed by atoms with E-state index in [2.05, 4.69) is 24.1 Å². The molecule has 0 radical (unpaired) electrons. The number of rotatable bonds is 9. The van der Waals surface area contributed by atoms with Gasteiger partial charge in [0.05, 0.1) is 12.3 Å². The zero-order valence-electron chi connectivity index (χ0n) is 13.7. The Morgan fingerprint density at radius 2 is 2.29 bits per heavy atom. The normalized spacial score (nSPS) is 18.6. The average molecular weight is 311 g/mol. The topological polar surface area (TPSA) is 37.4 Å². The maximum atomic E-state index is 5.07. The fourth-order valence-electron chi connectivity index (χ4n) is 2.95. The van der Waals surface area contributed by atoms with Gasteiger partial charge >= 0.3 is 0 Å². The van der Waals surface area contributed by atoms with Crippen molar-refractivity contribution in [1.82, 2.24) is 10.3 Å². The zero-order valence-corrected chi connectivity index (χ0v) is 14.5. The van der Waals surface area contributed by atoms with Crippen LogP contribution in [-0.4, -0.2) is 38.3 Å². The maximum absolute atomic E-state index is 5.07. The number of ether oxygens (including phenoxy) is 1. The molecule has 1 N–H and O–H groups in total. The molecule has 1 saturated heterocycles. The molecule has 1 aromatic heterocycles. The van der Waals surface area contributed by atoms with Crippen molar-refractivity contribution in [3.8, 4) is 0 Å². The van der Waals surface area contributed by atoms with Crippen molar-refractivity contribution < 1.29 is 4.74 Å². The summed E-state index contributed by atoms with van der Waals surface area (Å²) in [5.41, 5.74) is 1.26. The quantitative estimate of drug-likeness (QED) is 0.711. The molecule has 1 aromatic rings. The van der Waals surface area contributed by atoms with E-state index in [-0.39, 0.29) is 0 Å². The number of aromatic nitrogens is 1. The number of nitrogens with zero attached hydrogens (tertiary/aromatic N) is 2. The van der Waals surface area contributed by atoms with Gasteiger partial charge in [0.25, 0.3) is 0 Å². The maximum Gasteiger partial charge on any atom is 0.185 e. The minimum Gasteiger partial charge on any atom is -0.383 e. The molecule has 4 nitrogen and oxygen atoms in total. The van der Waals surface area contributed by atoms with Crippen LogP contribution in [0.2, 0.25) is 0 Å². The smallest absolute Gasteiger partial charge is 0.185 e. The first-order valence-corrected chi connectivity index (χ1v) is 9.03. The second-order valence-corrected chi connectivity index (χ2v) is 6.84. The lowest BCUT2D eigenvalue weighted by Gasteiger charge is -2.14. The standard InChI is InChI=1S/C16H29N3OS/c1-4-6-13-7-9-19(12-13)16-18-14(5-2)15(21-16)11-17-8-10-20-3/h13,17H,4-12H2,1-3H3. The first-order valence-electron chi connectivity index (χ1n) is 8.21. The largest absolute Gasteiger partial charge is 0.383 e. The molecular formula is C16H29N3OS. The summed E-state index contributed by atoms with van der Waals surface area (Å²) in [6, 6.07) is 0. The van der Waals surface area contributed by atoms with E-state index in [1.807, 2.05) is 11.3 Å². The predicted octanol–water partition coefficient (Wildman–Crippen LogP) is 3.07. The van der Waals surface area contributed by atoms with Crippen LogP contribution in [0, 0.1) is 5.92 Å². The van der Waals surface area contributed by atoms with E-state index in [1.165, 1.54) is 48.1 Å². The monoisotopic (exact) mass is 311 g/mol. The molecule has 0 amide bonds. The van der Waals surface area contributed by atoms with E-state index in [1.54, 1.807) is 7.11 Å². The van der Waals surface area contributed by atoms with Crippen LogP contribution in [0.15, 0.2) is 0 Å². The lowest BCUT2D eigenvalue weighted by Crippen LogP contribution is -2.19. The van der Waals surface area contributed by atoms with Crippen molar-refractivity contribution in [2.75, 3.05) is 38.3 Å². The number of thiazole rings is 1. The van der Waals surface area contributed by atoms with Crippen molar-refractivity contribution >= 4 is 16.5 Å². The third kappa shape index (κ3) is 4.66. The molecule has 1 fully saturated rings. The fraction of sp³-hybridized carbons (Fsp3) is 0.812. The van der Waals surface area contributed by atoms with Gasteiger partial charge in [-0.05, 0) is 25.2 Å². The van der Waals surface area contributed by atoms with E-state index < -0.39 is 0 Å². The first kappa shape index (κ1) is 16.7. The Bertz CT molecular complexity index is 422. The minimum atomic E-state index is 0.762.